The van der Waals surface area contributed by atoms with E-state index in [2.05, 4.69) is 0 Å². The van der Waals surface area contributed by atoms with E-state index in [-0.39, 0.29) is 17.1 Å². The molecule has 0 bridgehead atoms. The van der Waals surface area contributed by atoms with Gasteiger partial charge in [-0.1, -0.05) is 0 Å². The first-order chi connectivity index (χ1) is 9.92. The van der Waals surface area contributed by atoms with Crippen LogP contribution in [0, 0.1) is 17.5 Å². The van der Waals surface area contributed by atoms with Crippen molar-refractivity contribution in [2.45, 2.75) is 0 Å². The minimum absolute atomic E-state index is 0.0302. The number of ether oxygens (including phenoxy) is 1. The Hall–Kier alpha value is -2.70. The van der Waals surface area contributed by atoms with Crippen LogP contribution in [0.4, 0.5) is 18.9 Å². The lowest BCUT2D eigenvalue weighted by atomic mass is 10.2. The molecule has 0 saturated heterocycles. The Morgan fingerprint density at radius 1 is 1.19 bits per heavy atom. The molecule has 0 radical (unpaired) electrons. The van der Waals surface area contributed by atoms with Gasteiger partial charge >= 0.3 is 0 Å². The van der Waals surface area contributed by atoms with Crippen LogP contribution in [0.3, 0.4) is 0 Å². The van der Waals surface area contributed by atoms with Crippen molar-refractivity contribution in [3.63, 3.8) is 0 Å². The van der Waals surface area contributed by atoms with Gasteiger partial charge in [0, 0.05) is 17.7 Å². The third-order valence-electron chi connectivity index (χ3n) is 2.68. The van der Waals surface area contributed by atoms with Crippen molar-refractivity contribution < 1.29 is 27.8 Å². The first kappa shape index (κ1) is 14.7. The summed E-state index contributed by atoms with van der Waals surface area (Å²) in [6.07, 6.45) is 0. The number of hydrogen-bond acceptors (Lipinski definition) is 3. The molecule has 0 saturated carbocycles. The molecule has 0 atom stereocenters. The van der Waals surface area contributed by atoms with Crippen molar-refractivity contribution >= 4 is 11.6 Å². The molecule has 0 heterocycles. The van der Waals surface area contributed by atoms with E-state index in [1.807, 2.05) is 5.32 Å². The highest BCUT2D eigenvalue weighted by molar-refractivity contribution is 6.04. The first-order valence-electron chi connectivity index (χ1n) is 5.75. The molecule has 1 amide bonds. The van der Waals surface area contributed by atoms with Gasteiger partial charge in [-0.25, -0.2) is 13.2 Å². The summed E-state index contributed by atoms with van der Waals surface area (Å²) in [5, 5.41) is 11.6. The summed E-state index contributed by atoms with van der Waals surface area (Å²) in [6.45, 7) is 0. The average molecular weight is 297 g/mol. The maximum atomic E-state index is 13.4. The zero-order valence-electron chi connectivity index (χ0n) is 10.8. The Morgan fingerprint density at radius 2 is 1.90 bits per heavy atom. The molecule has 110 valence electrons. The number of anilines is 1. The van der Waals surface area contributed by atoms with Gasteiger partial charge < -0.3 is 15.2 Å². The van der Waals surface area contributed by atoms with Crippen molar-refractivity contribution in [2.24, 2.45) is 0 Å². The fourth-order valence-electron chi connectivity index (χ4n) is 1.67. The fraction of sp³-hybridized carbons (Fsp3) is 0.0714. The maximum Gasteiger partial charge on any atom is 0.255 e. The Bertz CT molecular complexity index is 704. The molecule has 2 aromatic rings. The highest BCUT2D eigenvalue weighted by Gasteiger charge is 2.15. The van der Waals surface area contributed by atoms with Gasteiger partial charge in [-0.05, 0) is 18.2 Å². The van der Waals surface area contributed by atoms with Crippen LogP contribution in [0.5, 0.6) is 11.5 Å². The van der Waals surface area contributed by atoms with E-state index in [4.69, 9.17) is 4.74 Å². The van der Waals surface area contributed by atoms with Gasteiger partial charge in [0.15, 0.2) is 23.1 Å². The highest BCUT2D eigenvalue weighted by atomic mass is 19.2. The molecule has 0 aliphatic heterocycles. The zero-order chi connectivity index (χ0) is 15.6. The number of methoxy groups -OCH3 is 1. The quantitative estimate of drug-likeness (QED) is 0.856. The number of nitrogens with one attached hydrogen (secondary N) is 1. The number of halogens is 3. The number of amides is 1. The lowest BCUT2D eigenvalue weighted by Gasteiger charge is -2.09. The van der Waals surface area contributed by atoms with Gasteiger partial charge in [-0.15, -0.1) is 0 Å². The summed E-state index contributed by atoms with van der Waals surface area (Å²) in [7, 11) is 1.33. The minimum atomic E-state index is -1.41. The van der Waals surface area contributed by atoms with E-state index in [9.17, 15) is 23.1 Å². The molecular weight excluding hydrogens is 287 g/mol. The van der Waals surface area contributed by atoms with Gasteiger partial charge in [0.05, 0.1) is 12.8 Å². The smallest absolute Gasteiger partial charge is 0.255 e. The monoisotopic (exact) mass is 297 g/mol. The normalized spacial score (nSPS) is 10.3. The van der Waals surface area contributed by atoms with Gasteiger partial charge in [-0.2, -0.15) is 0 Å². The van der Waals surface area contributed by atoms with Gasteiger partial charge in [0.2, 0.25) is 0 Å². The van der Waals surface area contributed by atoms with E-state index in [1.54, 1.807) is 0 Å². The number of hydrogen-bond donors (Lipinski definition) is 2. The second kappa shape index (κ2) is 5.74. The van der Waals surface area contributed by atoms with E-state index < -0.39 is 29.0 Å². The lowest BCUT2D eigenvalue weighted by Crippen LogP contribution is -2.13. The molecule has 2 rings (SSSR count). The van der Waals surface area contributed by atoms with E-state index in [0.29, 0.717) is 12.1 Å². The van der Waals surface area contributed by atoms with E-state index in [1.165, 1.54) is 19.2 Å². The fourth-order valence-corrected chi connectivity index (χ4v) is 1.67. The second-order valence-corrected chi connectivity index (χ2v) is 4.09. The van der Waals surface area contributed by atoms with Crippen molar-refractivity contribution in [3.05, 3.63) is 53.3 Å². The minimum Gasteiger partial charge on any atom is -0.504 e. The topological polar surface area (TPSA) is 58.6 Å². The van der Waals surface area contributed by atoms with Crippen LogP contribution in [0.2, 0.25) is 0 Å². The number of aromatic hydroxyl groups is 1. The molecule has 0 aliphatic carbocycles. The van der Waals surface area contributed by atoms with Gasteiger partial charge in [0.25, 0.3) is 5.91 Å². The molecule has 2 aromatic carbocycles. The Balaban J connectivity index is 2.28. The molecule has 4 nitrogen and oxygen atoms in total. The summed E-state index contributed by atoms with van der Waals surface area (Å²) in [6, 6.07) is 4.74. The highest BCUT2D eigenvalue weighted by Crippen LogP contribution is 2.27. The van der Waals surface area contributed by atoms with Crippen molar-refractivity contribution in [1.82, 2.24) is 0 Å². The molecule has 0 aliphatic rings. The SMILES string of the molecule is COc1ccc(C(=O)Nc2cc(F)cc(F)c2F)cc1O. The molecule has 0 unspecified atom stereocenters. The zero-order valence-corrected chi connectivity index (χ0v) is 10.8. The maximum absolute atomic E-state index is 13.4. The van der Waals surface area contributed by atoms with Crippen molar-refractivity contribution in [1.29, 1.82) is 0 Å². The van der Waals surface area contributed by atoms with Gasteiger partial charge in [0.1, 0.15) is 5.82 Å². The standard InChI is InChI=1S/C14H10F3NO3/c1-21-12-3-2-7(4-11(12)19)14(20)18-10-6-8(15)5-9(16)13(10)17/h2-6,19H,1H3,(H,18,20). The summed E-state index contributed by atoms with van der Waals surface area (Å²) in [5.41, 5.74) is -0.662. The molecule has 0 spiro atoms. The first-order valence-corrected chi connectivity index (χ1v) is 5.75. The number of carbonyl (C=O) groups is 1. The van der Waals surface area contributed by atoms with Gasteiger partial charge in [-0.3, -0.25) is 4.79 Å². The Kier molecular flexibility index (Phi) is 4.02. The lowest BCUT2D eigenvalue weighted by molar-refractivity contribution is 0.102. The van der Waals surface area contributed by atoms with Crippen LogP contribution in [0.15, 0.2) is 30.3 Å². The van der Waals surface area contributed by atoms with Crippen molar-refractivity contribution in [3.8, 4) is 11.5 Å². The number of phenols is 1. The predicted molar refractivity (Wildman–Crippen MR) is 68.9 cm³/mol. The third-order valence-corrected chi connectivity index (χ3v) is 2.68. The average Bonchev–Trinajstić information content (AvgIpc) is 2.44. The largest absolute Gasteiger partial charge is 0.504 e. The number of benzene rings is 2. The van der Waals surface area contributed by atoms with Crippen molar-refractivity contribution in [2.75, 3.05) is 12.4 Å². The third kappa shape index (κ3) is 3.07. The summed E-state index contributed by atoms with van der Waals surface area (Å²) < 4.78 is 44.3. The molecule has 21 heavy (non-hydrogen) atoms. The van der Waals surface area contributed by atoms with E-state index in [0.717, 1.165) is 6.07 Å². The molecular formula is C14H10F3NO3. The number of phenolic OH excluding ortho intramolecular Hbond substituents is 1. The number of rotatable bonds is 3. The van der Waals surface area contributed by atoms with E-state index >= 15 is 0 Å². The second-order valence-electron chi connectivity index (χ2n) is 4.09. The Labute approximate surface area is 117 Å². The summed E-state index contributed by atoms with van der Waals surface area (Å²) in [4.78, 5) is 11.9. The number of carbonyl (C=O) groups excluding carboxylic acids is 1. The molecule has 2 N–H and O–H groups in total. The van der Waals surface area contributed by atoms with Crippen LogP contribution in [0.1, 0.15) is 10.4 Å². The van der Waals surface area contributed by atoms with Crippen LogP contribution in [-0.4, -0.2) is 18.1 Å². The van der Waals surface area contributed by atoms with Crippen LogP contribution in [-0.2, 0) is 0 Å². The Morgan fingerprint density at radius 3 is 2.52 bits per heavy atom. The summed E-state index contributed by atoms with van der Waals surface area (Å²) >= 11 is 0. The summed E-state index contributed by atoms with van der Waals surface area (Å²) in [5.74, 6) is -4.80. The van der Waals surface area contributed by atoms with Crippen LogP contribution >= 0.6 is 0 Å². The van der Waals surface area contributed by atoms with Crippen LogP contribution in [0.25, 0.3) is 0 Å². The molecule has 7 heteroatoms. The molecule has 0 fully saturated rings. The molecule has 0 aromatic heterocycles. The predicted octanol–water partition coefficient (Wildman–Crippen LogP) is 3.07. The van der Waals surface area contributed by atoms with Crippen LogP contribution < -0.4 is 10.1 Å².